The highest BCUT2D eigenvalue weighted by Gasteiger charge is 2.51. The molecule has 2 aliphatic heterocycles. The van der Waals surface area contributed by atoms with Crippen molar-refractivity contribution in [1.82, 2.24) is 5.32 Å². The van der Waals surface area contributed by atoms with Crippen molar-refractivity contribution in [1.29, 1.82) is 0 Å². The van der Waals surface area contributed by atoms with Gasteiger partial charge in [0.05, 0.1) is 32.0 Å². The molecule has 12 atom stereocenters. The fourth-order valence-electron chi connectivity index (χ4n) is 9.55. The molecule has 2 rings (SSSR count). The Kier molecular flexibility index (Phi) is 42.7. The number of carbonyl (C=O) groups is 1. The van der Waals surface area contributed by atoms with Gasteiger partial charge in [-0.2, -0.15) is 0 Å². The lowest BCUT2D eigenvalue weighted by molar-refractivity contribution is -0.359. The van der Waals surface area contributed by atoms with E-state index in [4.69, 9.17) is 18.9 Å². The van der Waals surface area contributed by atoms with Gasteiger partial charge in [-0.1, -0.05) is 209 Å². The van der Waals surface area contributed by atoms with Crippen LogP contribution in [0.3, 0.4) is 0 Å². The van der Waals surface area contributed by atoms with Gasteiger partial charge in [0.1, 0.15) is 48.8 Å². The van der Waals surface area contributed by atoms with Gasteiger partial charge >= 0.3 is 0 Å². The zero-order valence-corrected chi connectivity index (χ0v) is 46.8. The largest absolute Gasteiger partial charge is 0.394 e. The van der Waals surface area contributed by atoms with E-state index < -0.39 is 86.8 Å². The number of ether oxygens (including phenoxy) is 4. The maximum absolute atomic E-state index is 13.3. The SMILES string of the molecule is CCCCCCC/C=C\C/C=C\C/C=C\CCCCCCCCCCCCC(=O)NC(COC1OC(CO)C(OC2OC(CO)C(O)C(O)C2O)C(O)C1O)C(O)/C=C/CC/C=C/CCCCCCCCCCCC. The van der Waals surface area contributed by atoms with E-state index >= 15 is 0 Å². The summed E-state index contributed by atoms with van der Waals surface area (Å²) in [7, 11) is 0. The molecule has 1 amide bonds. The van der Waals surface area contributed by atoms with E-state index in [1.54, 1.807) is 6.08 Å². The smallest absolute Gasteiger partial charge is 0.220 e. The van der Waals surface area contributed by atoms with Gasteiger partial charge in [-0.25, -0.2) is 0 Å². The quantitative estimate of drug-likeness (QED) is 0.0204. The first-order valence-electron chi connectivity index (χ1n) is 30.0. The molecule has 14 heteroatoms. The number of rotatable bonds is 47. The maximum Gasteiger partial charge on any atom is 0.220 e. The van der Waals surface area contributed by atoms with Crippen molar-refractivity contribution >= 4 is 5.91 Å². The molecule has 0 bridgehead atoms. The van der Waals surface area contributed by atoms with Gasteiger partial charge in [0, 0.05) is 6.42 Å². The number of allylic oxidation sites excluding steroid dienone is 9. The average molecular weight is 1060 g/mol. The third-order valence-corrected chi connectivity index (χ3v) is 14.4. The Morgan fingerprint density at radius 2 is 0.893 bits per heavy atom. The molecule has 2 heterocycles. The Balaban J connectivity index is 1.76. The molecule has 0 radical (unpaired) electrons. The van der Waals surface area contributed by atoms with Crippen molar-refractivity contribution in [2.24, 2.45) is 0 Å². The number of unbranched alkanes of at least 4 members (excludes halogenated alkanes) is 26. The van der Waals surface area contributed by atoms with Crippen LogP contribution in [0.1, 0.15) is 226 Å². The monoisotopic (exact) mass is 1060 g/mol. The minimum atomic E-state index is -1.79. The highest BCUT2D eigenvalue weighted by molar-refractivity contribution is 5.76. The van der Waals surface area contributed by atoms with E-state index in [9.17, 15) is 45.6 Å². The first-order valence-corrected chi connectivity index (χ1v) is 30.0. The second kappa shape index (κ2) is 46.6. The van der Waals surface area contributed by atoms with Gasteiger partial charge < -0.3 is 65.1 Å². The van der Waals surface area contributed by atoms with Gasteiger partial charge in [-0.05, 0) is 70.6 Å². The third kappa shape index (κ3) is 32.4. The number of aliphatic hydroxyl groups is 8. The molecule has 2 fully saturated rings. The van der Waals surface area contributed by atoms with Crippen molar-refractivity contribution in [3.05, 3.63) is 60.8 Å². The van der Waals surface area contributed by atoms with Crippen molar-refractivity contribution < 1.29 is 64.6 Å². The molecule has 0 aromatic carbocycles. The Bertz CT molecular complexity index is 1490. The molecular weight excluding hydrogens is 955 g/mol. The zero-order chi connectivity index (χ0) is 54.6. The van der Waals surface area contributed by atoms with Crippen LogP contribution in [0.5, 0.6) is 0 Å². The molecule has 2 saturated heterocycles. The summed E-state index contributed by atoms with van der Waals surface area (Å²) in [5.41, 5.74) is 0. The molecule has 14 nitrogen and oxygen atoms in total. The van der Waals surface area contributed by atoms with Crippen molar-refractivity contribution in [3.8, 4) is 0 Å². The molecule has 0 saturated carbocycles. The Morgan fingerprint density at radius 1 is 0.480 bits per heavy atom. The maximum atomic E-state index is 13.3. The lowest BCUT2D eigenvalue weighted by Gasteiger charge is -2.46. The van der Waals surface area contributed by atoms with Gasteiger partial charge in [0.15, 0.2) is 12.6 Å². The molecule has 436 valence electrons. The van der Waals surface area contributed by atoms with E-state index in [1.807, 2.05) is 6.08 Å². The summed E-state index contributed by atoms with van der Waals surface area (Å²) in [6.45, 7) is 2.76. The lowest BCUT2D eigenvalue weighted by atomic mass is 9.97. The number of nitrogens with one attached hydrogen (secondary N) is 1. The second-order valence-corrected chi connectivity index (χ2v) is 21.1. The predicted octanol–water partition coefficient (Wildman–Crippen LogP) is 10.2. The van der Waals surface area contributed by atoms with Crippen LogP contribution in [0.15, 0.2) is 60.8 Å². The average Bonchev–Trinajstić information content (AvgIpc) is 3.41. The Morgan fingerprint density at radius 3 is 1.40 bits per heavy atom. The number of amides is 1. The Hall–Kier alpha value is -2.31. The fraction of sp³-hybridized carbons (Fsp3) is 0.820. The molecular formula is C61H109NO13. The van der Waals surface area contributed by atoms with E-state index in [0.717, 1.165) is 51.4 Å². The zero-order valence-electron chi connectivity index (χ0n) is 46.8. The van der Waals surface area contributed by atoms with Gasteiger partial charge in [0.25, 0.3) is 0 Å². The van der Waals surface area contributed by atoms with Gasteiger partial charge in [-0.3, -0.25) is 4.79 Å². The van der Waals surface area contributed by atoms with E-state index in [0.29, 0.717) is 12.8 Å². The summed E-state index contributed by atoms with van der Waals surface area (Å²) in [5, 5.41) is 87.0. The van der Waals surface area contributed by atoms with Crippen molar-refractivity contribution in [3.63, 3.8) is 0 Å². The Labute approximate surface area is 454 Å². The molecule has 0 aromatic rings. The number of carbonyl (C=O) groups excluding carboxylic acids is 1. The van der Waals surface area contributed by atoms with Crippen LogP contribution in [0.25, 0.3) is 0 Å². The van der Waals surface area contributed by atoms with E-state index in [2.05, 4.69) is 67.8 Å². The summed E-state index contributed by atoms with van der Waals surface area (Å²) < 4.78 is 22.7. The van der Waals surface area contributed by atoms with Crippen LogP contribution in [-0.2, 0) is 23.7 Å². The van der Waals surface area contributed by atoms with Crippen LogP contribution >= 0.6 is 0 Å². The van der Waals surface area contributed by atoms with Crippen molar-refractivity contribution in [2.75, 3.05) is 19.8 Å². The fourth-order valence-corrected chi connectivity index (χ4v) is 9.55. The topological polar surface area (TPSA) is 228 Å². The van der Waals surface area contributed by atoms with Crippen LogP contribution in [-0.4, -0.2) is 140 Å². The summed E-state index contributed by atoms with van der Waals surface area (Å²) in [4.78, 5) is 13.3. The van der Waals surface area contributed by atoms with Crippen LogP contribution in [0.4, 0.5) is 0 Å². The minimum Gasteiger partial charge on any atom is -0.394 e. The standard InChI is InChI=1S/C61H109NO13/c1-3-5-7-9-11-13-15-17-19-21-22-23-24-25-26-27-28-29-31-33-35-37-39-41-43-45-53(66)62-49(50(65)44-42-40-38-36-34-32-30-20-18-16-14-12-10-8-6-4-2)48-72-60-58(71)56(69)59(52(47-64)74-60)75-61-57(70)55(68)54(67)51(46-63)73-61/h15,17,21-22,24-25,34,36,42,44,49-52,54-61,63-65,67-71H,3-14,16,18-20,23,26-33,35,37-41,43,45-48H2,1-2H3,(H,62,66)/b17-15-,22-21-,25-24-,36-34+,44-42+. The number of hydrogen-bond acceptors (Lipinski definition) is 13. The first-order chi connectivity index (χ1) is 36.6. The number of hydrogen-bond donors (Lipinski definition) is 9. The van der Waals surface area contributed by atoms with Crippen molar-refractivity contribution in [2.45, 2.75) is 299 Å². The molecule has 0 spiro atoms. The molecule has 0 aromatic heterocycles. The lowest BCUT2D eigenvalue weighted by Crippen LogP contribution is -2.65. The summed E-state index contributed by atoms with van der Waals surface area (Å²) in [6, 6.07) is -0.936. The summed E-state index contributed by atoms with van der Waals surface area (Å²) >= 11 is 0. The molecule has 9 N–H and O–H groups in total. The van der Waals surface area contributed by atoms with Crippen LogP contribution in [0.2, 0.25) is 0 Å². The molecule has 75 heavy (non-hydrogen) atoms. The highest BCUT2D eigenvalue weighted by atomic mass is 16.7. The molecule has 0 aliphatic carbocycles. The second-order valence-electron chi connectivity index (χ2n) is 21.1. The normalized spacial score (nSPS) is 25.5. The summed E-state index contributed by atoms with van der Waals surface area (Å²) in [5.74, 6) is -0.254. The van der Waals surface area contributed by atoms with E-state index in [1.165, 1.54) is 141 Å². The minimum absolute atomic E-state index is 0.254. The number of aliphatic hydroxyl groups excluding tert-OH is 8. The van der Waals surface area contributed by atoms with Gasteiger partial charge in [-0.15, -0.1) is 0 Å². The highest BCUT2D eigenvalue weighted by Crippen LogP contribution is 2.30. The third-order valence-electron chi connectivity index (χ3n) is 14.4. The van der Waals surface area contributed by atoms with Crippen LogP contribution < -0.4 is 5.32 Å². The predicted molar refractivity (Wildman–Crippen MR) is 300 cm³/mol. The summed E-state index contributed by atoms with van der Waals surface area (Å²) in [6.07, 6.45) is 42.6. The molecule has 12 unspecified atom stereocenters. The van der Waals surface area contributed by atoms with E-state index in [-0.39, 0.29) is 18.9 Å². The molecule has 2 aliphatic rings. The van der Waals surface area contributed by atoms with Gasteiger partial charge in [0.2, 0.25) is 5.91 Å². The first kappa shape index (κ1) is 68.8. The van der Waals surface area contributed by atoms with Crippen LogP contribution in [0, 0.1) is 0 Å².